The fraction of sp³-hybridized carbons (Fsp3) is 0.0417. The summed E-state index contributed by atoms with van der Waals surface area (Å²) in [6.45, 7) is 2.38. The Morgan fingerprint density at radius 2 is 1.06 bits per heavy atom. The summed E-state index contributed by atoms with van der Waals surface area (Å²) < 4.78 is 6.97. The second-order valence-corrected chi connectivity index (χ2v) is 13.4. The summed E-state index contributed by atoms with van der Waals surface area (Å²) in [6, 6.07) is 65.6. The van der Waals surface area contributed by atoms with Gasteiger partial charge in [-0.3, -0.25) is 0 Å². The van der Waals surface area contributed by atoms with Gasteiger partial charge in [0.05, 0.1) is 5.69 Å². The molecule has 8 aromatic carbocycles. The number of fused-ring (bicyclic) bond motifs is 7. The highest BCUT2D eigenvalue weighted by Crippen LogP contribution is 2.55. The minimum Gasteiger partial charge on any atom is -0.454 e. The number of para-hydroxylation sites is 1. The highest BCUT2D eigenvalue weighted by Gasteiger charge is 2.42. The van der Waals surface area contributed by atoms with Crippen LogP contribution in [0.4, 0.5) is 17.1 Å². The molecule has 236 valence electrons. The fourth-order valence-corrected chi connectivity index (χ4v) is 8.35. The number of furan rings is 1. The van der Waals surface area contributed by atoms with Crippen molar-refractivity contribution in [2.24, 2.45) is 0 Å². The SMILES string of the molecule is CC1(c2cccc3oc4c(N(c5ccc(-c6ccccc6)cc5)c5ccc6ccccc6c5)cccc4c23)c2ccccc2-c2ccccc21. The molecule has 0 saturated heterocycles. The molecule has 50 heavy (non-hydrogen) atoms. The first-order valence-electron chi connectivity index (χ1n) is 17.3. The van der Waals surface area contributed by atoms with E-state index in [0.29, 0.717) is 0 Å². The molecule has 9 aromatic rings. The summed E-state index contributed by atoms with van der Waals surface area (Å²) in [5, 5.41) is 4.69. The maximum Gasteiger partial charge on any atom is 0.159 e. The van der Waals surface area contributed by atoms with Crippen LogP contribution in [0.15, 0.2) is 186 Å². The molecule has 1 heterocycles. The van der Waals surface area contributed by atoms with Crippen molar-refractivity contribution in [3.63, 3.8) is 0 Å². The van der Waals surface area contributed by atoms with E-state index in [0.717, 1.165) is 39.0 Å². The summed E-state index contributed by atoms with van der Waals surface area (Å²) in [4.78, 5) is 2.34. The molecule has 1 aliphatic carbocycles. The van der Waals surface area contributed by atoms with Gasteiger partial charge in [-0.05, 0) is 93.0 Å². The number of hydrogen-bond donors (Lipinski definition) is 0. The first kappa shape index (κ1) is 28.6. The Bertz CT molecular complexity index is 2670. The van der Waals surface area contributed by atoms with E-state index in [9.17, 15) is 0 Å². The molecule has 0 saturated carbocycles. The maximum atomic E-state index is 6.97. The molecule has 2 heteroatoms. The maximum absolute atomic E-state index is 6.97. The van der Waals surface area contributed by atoms with Crippen LogP contribution in [0.3, 0.4) is 0 Å². The molecule has 10 rings (SSSR count). The van der Waals surface area contributed by atoms with Gasteiger partial charge in [-0.25, -0.2) is 0 Å². The average Bonchev–Trinajstić information content (AvgIpc) is 3.70. The van der Waals surface area contributed by atoms with Crippen LogP contribution in [-0.2, 0) is 5.41 Å². The van der Waals surface area contributed by atoms with Gasteiger partial charge in [0.15, 0.2) is 5.58 Å². The van der Waals surface area contributed by atoms with Crippen molar-refractivity contribution < 1.29 is 4.42 Å². The van der Waals surface area contributed by atoms with Crippen molar-refractivity contribution in [1.82, 2.24) is 0 Å². The van der Waals surface area contributed by atoms with Crippen LogP contribution in [0.2, 0.25) is 0 Å². The summed E-state index contributed by atoms with van der Waals surface area (Å²) in [5.74, 6) is 0. The molecule has 0 bridgehead atoms. The first-order chi connectivity index (χ1) is 24.7. The van der Waals surface area contributed by atoms with Crippen LogP contribution >= 0.6 is 0 Å². The van der Waals surface area contributed by atoms with E-state index in [1.807, 2.05) is 0 Å². The van der Waals surface area contributed by atoms with E-state index < -0.39 is 0 Å². The third-order valence-corrected chi connectivity index (χ3v) is 10.7. The minimum absolute atomic E-state index is 0.342. The van der Waals surface area contributed by atoms with E-state index in [1.165, 1.54) is 49.7 Å². The van der Waals surface area contributed by atoms with Crippen molar-refractivity contribution >= 4 is 49.8 Å². The van der Waals surface area contributed by atoms with Gasteiger partial charge in [-0.2, -0.15) is 0 Å². The molecular weight excluding hydrogens is 607 g/mol. The smallest absolute Gasteiger partial charge is 0.159 e. The molecule has 0 N–H and O–H groups in total. The molecule has 0 amide bonds. The average molecular weight is 640 g/mol. The summed E-state index contributed by atoms with van der Waals surface area (Å²) in [7, 11) is 0. The lowest BCUT2D eigenvalue weighted by atomic mass is 9.73. The van der Waals surface area contributed by atoms with E-state index in [1.54, 1.807) is 0 Å². The van der Waals surface area contributed by atoms with Crippen molar-refractivity contribution in [3.8, 4) is 22.3 Å². The van der Waals surface area contributed by atoms with Gasteiger partial charge in [0.2, 0.25) is 0 Å². The molecule has 0 unspecified atom stereocenters. The van der Waals surface area contributed by atoms with Gasteiger partial charge in [0.25, 0.3) is 0 Å². The predicted octanol–water partition coefficient (Wildman–Crippen LogP) is 13.2. The molecule has 1 aromatic heterocycles. The van der Waals surface area contributed by atoms with E-state index in [4.69, 9.17) is 4.42 Å². The molecule has 2 nitrogen and oxygen atoms in total. The molecule has 1 aliphatic rings. The number of rotatable bonds is 5. The Morgan fingerprint density at radius 3 is 1.82 bits per heavy atom. The zero-order valence-electron chi connectivity index (χ0n) is 27.7. The number of anilines is 3. The van der Waals surface area contributed by atoms with Gasteiger partial charge < -0.3 is 9.32 Å². The standard InChI is InChI=1S/C48H33NO/c1-48(41-20-9-7-17-38(41)39-18-8-10-21-42(39)48)43-22-12-24-45-46(43)40-19-11-23-44(47(40)50-45)49(37-30-27-33-15-5-6-16-35(33)31-37)36-28-25-34(26-29-36)32-13-3-2-4-14-32/h2-31H,1H3. The second-order valence-electron chi connectivity index (χ2n) is 13.4. The largest absolute Gasteiger partial charge is 0.454 e. The Labute approximate surface area is 291 Å². The van der Waals surface area contributed by atoms with Crippen molar-refractivity contribution in [2.75, 3.05) is 4.90 Å². The molecule has 0 atom stereocenters. The van der Waals surface area contributed by atoms with Crippen LogP contribution in [-0.4, -0.2) is 0 Å². The normalized spacial score (nSPS) is 13.1. The molecular formula is C48H33NO. The van der Waals surface area contributed by atoms with Gasteiger partial charge in [0, 0.05) is 27.6 Å². The lowest BCUT2D eigenvalue weighted by Crippen LogP contribution is -2.22. The Kier molecular flexibility index (Phi) is 6.34. The van der Waals surface area contributed by atoms with Crippen LogP contribution in [0.1, 0.15) is 23.6 Å². The van der Waals surface area contributed by atoms with Crippen LogP contribution in [0, 0.1) is 0 Å². The molecule has 0 spiro atoms. The monoisotopic (exact) mass is 639 g/mol. The summed E-state index contributed by atoms with van der Waals surface area (Å²) in [5.41, 5.74) is 13.5. The third-order valence-electron chi connectivity index (χ3n) is 10.7. The Hall–Kier alpha value is -6.38. The molecule has 0 aliphatic heterocycles. The quantitative estimate of drug-likeness (QED) is 0.186. The Balaban J connectivity index is 1.21. The predicted molar refractivity (Wildman–Crippen MR) is 209 cm³/mol. The van der Waals surface area contributed by atoms with Crippen molar-refractivity contribution in [2.45, 2.75) is 12.3 Å². The zero-order valence-corrected chi connectivity index (χ0v) is 27.7. The van der Waals surface area contributed by atoms with Crippen molar-refractivity contribution in [1.29, 1.82) is 0 Å². The number of nitrogens with zero attached hydrogens (tertiary/aromatic N) is 1. The Morgan fingerprint density at radius 1 is 0.460 bits per heavy atom. The van der Waals surface area contributed by atoms with E-state index >= 15 is 0 Å². The van der Waals surface area contributed by atoms with Crippen LogP contribution < -0.4 is 4.90 Å². The van der Waals surface area contributed by atoms with Crippen LogP contribution in [0.5, 0.6) is 0 Å². The second kappa shape index (κ2) is 11.1. The number of benzene rings is 8. The lowest BCUT2D eigenvalue weighted by Gasteiger charge is -2.29. The topological polar surface area (TPSA) is 16.4 Å². The highest BCUT2D eigenvalue weighted by molar-refractivity contribution is 6.13. The zero-order chi connectivity index (χ0) is 33.2. The lowest BCUT2D eigenvalue weighted by molar-refractivity contribution is 0.666. The number of hydrogen-bond acceptors (Lipinski definition) is 2. The van der Waals surface area contributed by atoms with Crippen molar-refractivity contribution in [3.05, 3.63) is 199 Å². The minimum atomic E-state index is -0.342. The van der Waals surface area contributed by atoms with Gasteiger partial charge in [-0.15, -0.1) is 0 Å². The summed E-state index contributed by atoms with van der Waals surface area (Å²) >= 11 is 0. The summed E-state index contributed by atoms with van der Waals surface area (Å²) in [6.07, 6.45) is 0. The van der Waals surface area contributed by atoms with Crippen LogP contribution in [0.25, 0.3) is 55.0 Å². The molecule has 0 radical (unpaired) electrons. The van der Waals surface area contributed by atoms with E-state index in [-0.39, 0.29) is 5.41 Å². The molecule has 0 fully saturated rings. The first-order valence-corrected chi connectivity index (χ1v) is 17.3. The van der Waals surface area contributed by atoms with E-state index in [2.05, 4.69) is 194 Å². The van der Waals surface area contributed by atoms with Gasteiger partial charge in [0.1, 0.15) is 5.58 Å². The van der Waals surface area contributed by atoms with Gasteiger partial charge in [-0.1, -0.05) is 146 Å². The fourth-order valence-electron chi connectivity index (χ4n) is 8.35. The third kappa shape index (κ3) is 4.22. The highest BCUT2D eigenvalue weighted by atomic mass is 16.3. The van der Waals surface area contributed by atoms with Gasteiger partial charge >= 0.3 is 0 Å².